The topological polar surface area (TPSA) is 0 Å². The first-order chi connectivity index (χ1) is 0. The Morgan fingerprint density at radius 3 is 0.667 bits per heavy atom. The van der Waals surface area contributed by atoms with Gasteiger partial charge >= 0.3 is 69.3 Å². The van der Waals surface area contributed by atoms with Gasteiger partial charge in [0.25, 0.3) is 0 Å². The van der Waals surface area contributed by atoms with Crippen LogP contribution < -0.4 is 63.8 Å². The van der Waals surface area contributed by atoms with Gasteiger partial charge in [-0.05, 0) is 0 Å². The Morgan fingerprint density at radius 1 is 0.667 bits per heavy atom. The fraction of sp³-hybridized carbons (Fsp3) is 0. The molecule has 0 saturated heterocycles. The molecule has 0 bridgehead atoms. The second-order valence-corrected chi connectivity index (χ2v) is 0. The van der Waals surface area contributed by atoms with Crippen LogP contribution >= 0.6 is 37.2 Å². The maximum Gasteiger partial charge on any atom is 1.00 e. The maximum absolute atomic E-state index is 0. The molecule has 0 N–H and O–H groups in total. The van der Waals surface area contributed by atoms with Gasteiger partial charge in [-0.3, -0.25) is 0 Å². The van der Waals surface area contributed by atoms with E-state index in [1.54, 1.807) is 0 Å². The van der Waals surface area contributed by atoms with Gasteiger partial charge < -0.3 is 12.4 Å². The molecule has 0 aromatic heterocycles. The molecule has 0 spiro atoms. The molecule has 0 fully saturated rings. The van der Waals surface area contributed by atoms with Gasteiger partial charge in [-0.2, -0.15) is 0 Å². The molecular weight excluding hydrogens is 256 g/mol. The Balaban J connectivity index is 0. The van der Waals surface area contributed by atoms with Crippen molar-refractivity contribution in [2.75, 3.05) is 0 Å². The molecule has 0 aliphatic rings. The summed E-state index contributed by atoms with van der Waals surface area (Å²) in [7, 11) is 0. The van der Waals surface area contributed by atoms with Gasteiger partial charge in [0.1, 0.15) is 0 Å². The molecule has 0 aliphatic carbocycles. The summed E-state index contributed by atoms with van der Waals surface area (Å²) in [4.78, 5) is 0. The SMILES string of the molecule is Cl.Cl.Cl.[AsH3].[Cl-].[K+]. The van der Waals surface area contributed by atoms with Crippen LogP contribution in [0.15, 0.2) is 0 Å². The zero-order valence-electron chi connectivity index (χ0n) is 3.31. The van der Waals surface area contributed by atoms with Crippen LogP contribution in [0.4, 0.5) is 0 Å². The van der Waals surface area contributed by atoms with Crippen LogP contribution in [-0.2, 0) is 0 Å². The van der Waals surface area contributed by atoms with E-state index in [2.05, 4.69) is 0 Å². The number of hydrogen-bond donors (Lipinski definition) is 0. The number of halogens is 4. The monoisotopic (exact) mass is 260 g/mol. The zero-order valence-corrected chi connectivity index (χ0v) is 12.6. The molecule has 1 unspecified atom stereocenters. The van der Waals surface area contributed by atoms with Crippen LogP contribution in [0.1, 0.15) is 0 Å². The summed E-state index contributed by atoms with van der Waals surface area (Å²) < 4.78 is 0. The van der Waals surface area contributed by atoms with Gasteiger partial charge in [-0.25, -0.2) is 0 Å². The molecule has 0 heterocycles. The summed E-state index contributed by atoms with van der Waals surface area (Å²) in [6, 6.07) is 0. The Kier molecular flexibility index (Phi) is 388. The molecule has 0 amide bonds. The Labute approximate surface area is 116 Å². The molecule has 0 aromatic rings. The van der Waals surface area contributed by atoms with Gasteiger partial charge in [0.2, 0.25) is 0 Å². The number of hydrogen-bond acceptors (Lipinski definition) is 0. The molecule has 1 atom stereocenters. The summed E-state index contributed by atoms with van der Waals surface area (Å²) in [5, 5.41) is 0. The third-order valence-electron chi connectivity index (χ3n) is 0. The average Bonchev–Trinajstić information content (AvgIpc) is 0. The van der Waals surface area contributed by atoms with Gasteiger partial charge in [0, 0.05) is 0 Å². The van der Waals surface area contributed by atoms with Crippen LogP contribution in [0.3, 0.4) is 0 Å². The average molecular weight is 262 g/mol. The summed E-state index contributed by atoms with van der Waals surface area (Å²) in [5.41, 5.74) is 0. The first-order valence-corrected chi connectivity index (χ1v) is 0. The van der Waals surface area contributed by atoms with Crippen LogP contribution in [0.25, 0.3) is 0 Å². The largest absolute Gasteiger partial charge is 1.00 e. The van der Waals surface area contributed by atoms with E-state index in [4.69, 9.17) is 0 Å². The van der Waals surface area contributed by atoms with Crippen LogP contribution in [-0.4, -0.2) is 18.0 Å². The van der Waals surface area contributed by atoms with Crippen molar-refractivity contribution in [2.45, 2.75) is 0 Å². The van der Waals surface area contributed by atoms with Crippen molar-refractivity contribution in [2.24, 2.45) is 0 Å². The first kappa shape index (κ1) is 58.0. The molecule has 0 nitrogen and oxygen atoms in total. The quantitative estimate of drug-likeness (QED) is 0.381. The van der Waals surface area contributed by atoms with Crippen molar-refractivity contribution in [3.63, 3.8) is 0 Å². The van der Waals surface area contributed by atoms with E-state index < -0.39 is 0 Å². The Bertz CT molecular complexity index is 7.51. The molecule has 0 aromatic carbocycles. The van der Waals surface area contributed by atoms with E-state index >= 15 is 0 Å². The van der Waals surface area contributed by atoms with E-state index in [-0.39, 0.29) is 119 Å². The molecule has 0 saturated carbocycles. The molecule has 0 rings (SSSR count). The second kappa shape index (κ2) is 40.2. The summed E-state index contributed by atoms with van der Waals surface area (Å²) in [5.74, 6) is 0. The van der Waals surface area contributed by atoms with Gasteiger partial charge in [0.05, 0.1) is 0 Å². The second-order valence-electron chi connectivity index (χ2n) is 0. The Hall–Kier alpha value is 3.35. The summed E-state index contributed by atoms with van der Waals surface area (Å²) in [6.07, 6.45) is 0. The molecule has 40 valence electrons. The van der Waals surface area contributed by atoms with E-state index in [0.29, 0.717) is 0 Å². The van der Waals surface area contributed by atoms with E-state index in [9.17, 15) is 0 Å². The van der Waals surface area contributed by atoms with Crippen molar-refractivity contribution < 1.29 is 63.8 Å². The fourth-order valence-electron chi connectivity index (χ4n) is 0. The van der Waals surface area contributed by atoms with E-state index in [1.165, 1.54) is 0 Å². The predicted octanol–water partition coefficient (Wildman–Crippen LogP) is -5.91. The minimum absolute atomic E-state index is 0. The molecular formula is H6AsCl4K. The third-order valence-corrected chi connectivity index (χ3v) is 0. The van der Waals surface area contributed by atoms with E-state index in [1.807, 2.05) is 0 Å². The molecule has 6 heteroatoms. The molecule has 0 radical (unpaired) electrons. The third kappa shape index (κ3) is 26.4. The van der Waals surface area contributed by atoms with Crippen LogP contribution in [0.2, 0.25) is 0 Å². The van der Waals surface area contributed by atoms with Crippen molar-refractivity contribution in [1.29, 1.82) is 0 Å². The van der Waals surface area contributed by atoms with Gasteiger partial charge in [-0.1, -0.05) is 0 Å². The zero-order chi connectivity index (χ0) is 0. The minimum Gasteiger partial charge on any atom is -1.00 e. The van der Waals surface area contributed by atoms with Crippen molar-refractivity contribution >= 4 is 55.2 Å². The van der Waals surface area contributed by atoms with Gasteiger partial charge in [-0.15, -0.1) is 37.2 Å². The normalized spacial score (nSPS) is 0. The van der Waals surface area contributed by atoms with E-state index in [0.717, 1.165) is 0 Å². The smallest absolute Gasteiger partial charge is 1.00 e. The maximum atomic E-state index is 0. The van der Waals surface area contributed by atoms with Crippen molar-refractivity contribution in [3.05, 3.63) is 0 Å². The summed E-state index contributed by atoms with van der Waals surface area (Å²) in [6.45, 7) is 0. The van der Waals surface area contributed by atoms with Crippen molar-refractivity contribution in [1.82, 2.24) is 0 Å². The van der Waals surface area contributed by atoms with Crippen molar-refractivity contribution in [3.8, 4) is 0 Å². The summed E-state index contributed by atoms with van der Waals surface area (Å²) >= 11 is 0. The molecule has 6 heavy (non-hydrogen) atoms. The van der Waals surface area contributed by atoms with Crippen LogP contribution in [0.5, 0.6) is 0 Å². The molecule has 0 aliphatic heterocycles. The minimum atomic E-state index is 0. The Morgan fingerprint density at radius 2 is 0.667 bits per heavy atom. The number of rotatable bonds is 0. The predicted molar refractivity (Wildman–Crippen MR) is 31.7 cm³/mol. The fourth-order valence-corrected chi connectivity index (χ4v) is 0. The first-order valence-electron chi connectivity index (χ1n) is 0. The van der Waals surface area contributed by atoms with Crippen LogP contribution in [0, 0.1) is 0 Å². The van der Waals surface area contributed by atoms with Gasteiger partial charge in [0.15, 0.2) is 0 Å². The standard InChI is InChI=1S/AsH3.4ClH.K/h1H3;4*1H;/q;;;;;+1/p-1.